The molecule has 0 fully saturated rings. The van der Waals surface area contributed by atoms with E-state index < -0.39 is 0 Å². The summed E-state index contributed by atoms with van der Waals surface area (Å²) >= 11 is 0. The lowest BCUT2D eigenvalue weighted by Crippen LogP contribution is -2.24. The van der Waals surface area contributed by atoms with E-state index >= 15 is 0 Å². The van der Waals surface area contributed by atoms with Gasteiger partial charge in [-0.15, -0.1) is 0 Å². The van der Waals surface area contributed by atoms with Gasteiger partial charge in [0.25, 0.3) is 0 Å². The topological polar surface area (TPSA) is 68.5 Å². The summed E-state index contributed by atoms with van der Waals surface area (Å²) in [4.78, 5) is 12.7. The van der Waals surface area contributed by atoms with Crippen LogP contribution in [0.4, 0.5) is 4.39 Å². The molecular formula is C19H16FN5O. The van der Waals surface area contributed by atoms with Crippen molar-refractivity contribution in [2.45, 2.75) is 13.5 Å². The summed E-state index contributed by atoms with van der Waals surface area (Å²) in [6.07, 6.45) is 3.54. The highest BCUT2D eigenvalue weighted by Crippen LogP contribution is 2.19. The van der Waals surface area contributed by atoms with Crippen LogP contribution in [0.2, 0.25) is 0 Å². The van der Waals surface area contributed by atoms with Gasteiger partial charge in [0.1, 0.15) is 11.6 Å². The molecule has 2 heterocycles. The minimum atomic E-state index is -0.324. The Bertz CT molecular complexity index is 1090. The molecule has 130 valence electrons. The molecule has 0 radical (unpaired) electrons. The molecule has 7 heteroatoms. The second-order valence-corrected chi connectivity index (χ2v) is 5.99. The third-order valence-electron chi connectivity index (χ3n) is 4.22. The number of halogens is 1. The Hall–Kier alpha value is -3.48. The molecule has 2 aromatic carbocycles. The minimum Gasteiger partial charge on any atom is -0.285 e. The summed E-state index contributed by atoms with van der Waals surface area (Å²) in [6.45, 7) is 2.03. The Kier molecular flexibility index (Phi) is 3.96. The van der Waals surface area contributed by atoms with Crippen LogP contribution >= 0.6 is 0 Å². The number of aryl methyl sites for hydroxylation is 1. The average Bonchev–Trinajstić information content (AvgIpc) is 3.26. The van der Waals surface area contributed by atoms with Gasteiger partial charge >= 0.3 is 5.69 Å². The zero-order valence-corrected chi connectivity index (χ0v) is 14.1. The fourth-order valence-corrected chi connectivity index (χ4v) is 2.87. The van der Waals surface area contributed by atoms with Crippen molar-refractivity contribution < 1.29 is 4.39 Å². The number of benzene rings is 2. The van der Waals surface area contributed by atoms with Crippen LogP contribution in [0.25, 0.3) is 16.8 Å². The Balaban J connectivity index is 1.67. The molecule has 4 aromatic rings. The van der Waals surface area contributed by atoms with Crippen LogP contribution in [0.3, 0.4) is 0 Å². The third kappa shape index (κ3) is 2.95. The van der Waals surface area contributed by atoms with Gasteiger partial charge in [-0.1, -0.05) is 24.3 Å². The van der Waals surface area contributed by atoms with Gasteiger partial charge in [-0.05, 0) is 42.3 Å². The van der Waals surface area contributed by atoms with Crippen LogP contribution in [-0.4, -0.2) is 24.5 Å². The maximum Gasteiger partial charge on any atom is 0.351 e. The van der Waals surface area contributed by atoms with Gasteiger partial charge < -0.3 is 0 Å². The zero-order valence-electron chi connectivity index (χ0n) is 14.1. The first-order valence-corrected chi connectivity index (χ1v) is 8.12. The van der Waals surface area contributed by atoms with Crippen molar-refractivity contribution >= 4 is 0 Å². The SMILES string of the molecule is Cc1nn(-c2ccc(-c3cn[nH]c3)cc2)c(=O)n1Cc1cccc(F)c1. The molecule has 0 aliphatic carbocycles. The molecule has 0 saturated carbocycles. The minimum absolute atomic E-state index is 0.261. The van der Waals surface area contributed by atoms with Gasteiger partial charge in [0.15, 0.2) is 0 Å². The number of aromatic nitrogens is 5. The number of aromatic amines is 1. The van der Waals surface area contributed by atoms with Crippen LogP contribution in [0.15, 0.2) is 65.7 Å². The van der Waals surface area contributed by atoms with E-state index in [1.807, 2.05) is 24.3 Å². The quantitative estimate of drug-likeness (QED) is 0.616. The lowest BCUT2D eigenvalue weighted by atomic mass is 10.1. The lowest BCUT2D eigenvalue weighted by Gasteiger charge is -2.03. The number of nitrogens with one attached hydrogen (secondary N) is 1. The van der Waals surface area contributed by atoms with E-state index in [4.69, 9.17) is 0 Å². The predicted octanol–water partition coefficient (Wildman–Crippen LogP) is 2.92. The Labute approximate surface area is 148 Å². The van der Waals surface area contributed by atoms with Crippen LogP contribution in [0.1, 0.15) is 11.4 Å². The standard InChI is InChI=1S/C19H16FN5O/c1-13-23-25(18-7-5-15(6-8-18)16-10-21-22-11-16)19(26)24(13)12-14-3-2-4-17(20)9-14/h2-11H,12H2,1H3,(H,21,22). The van der Waals surface area contributed by atoms with Crippen molar-refractivity contribution in [2.75, 3.05) is 0 Å². The molecule has 4 rings (SSSR count). The van der Waals surface area contributed by atoms with Crippen molar-refractivity contribution in [1.29, 1.82) is 0 Å². The maximum atomic E-state index is 13.4. The third-order valence-corrected chi connectivity index (χ3v) is 4.22. The molecular weight excluding hydrogens is 333 g/mol. The lowest BCUT2D eigenvalue weighted by molar-refractivity contribution is 0.621. The number of H-pyrrole nitrogens is 1. The van der Waals surface area contributed by atoms with E-state index in [2.05, 4.69) is 15.3 Å². The molecule has 0 saturated heterocycles. The first kappa shape index (κ1) is 16.0. The van der Waals surface area contributed by atoms with Crippen molar-refractivity contribution in [3.63, 3.8) is 0 Å². The highest BCUT2D eigenvalue weighted by molar-refractivity contribution is 5.62. The summed E-state index contributed by atoms with van der Waals surface area (Å²) in [5.74, 6) is 0.244. The molecule has 0 unspecified atom stereocenters. The Morgan fingerprint density at radius 3 is 2.62 bits per heavy atom. The molecule has 26 heavy (non-hydrogen) atoms. The summed E-state index contributed by atoms with van der Waals surface area (Å²) in [5, 5.41) is 11.1. The Morgan fingerprint density at radius 2 is 1.92 bits per heavy atom. The van der Waals surface area contributed by atoms with Gasteiger partial charge in [0.05, 0.1) is 18.4 Å². The summed E-state index contributed by atoms with van der Waals surface area (Å²) in [6, 6.07) is 13.7. The molecule has 0 atom stereocenters. The molecule has 0 aliphatic rings. The van der Waals surface area contributed by atoms with E-state index in [0.717, 1.165) is 11.1 Å². The highest BCUT2D eigenvalue weighted by Gasteiger charge is 2.12. The van der Waals surface area contributed by atoms with Crippen molar-refractivity contribution in [2.24, 2.45) is 0 Å². The number of hydrogen-bond donors (Lipinski definition) is 1. The van der Waals surface area contributed by atoms with Gasteiger partial charge in [-0.25, -0.2) is 9.18 Å². The summed E-state index contributed by atoms with van der Waals surface area (Å²) in [5.41, 5.74) is 3.08. The number of rotatable bonds is 4. The smallest absolute Gasteiger partial charge is 0.285 e. The van der Waals surface area contributed by atoms with Crippen molar-refractivity contribution in [1.82, 2.24) is 24.5 Å². The molecule has 1 N–H and O–H groups in total. The molecule has 0 aliphatic heterocycles. The second-order valence-electron chi connectivity index (χ2n) is 5.99. The highest BCUT2D eigenvalue weighted by atomic mass is 19.1. The summed E-state index contributed by atoms with van der Waals surface area (Å²) in [7, 11) is 0. The molecule has 0 spiro atoms. The predicted molar refractivity (Wildman–Crippen MR) is 95.6 cm³/mol. The van der Waals surface area contributed by atoms with E-state index in [1.165, 1.54) is 21.4 Å². The van der Waals surface area contributed by atoms with Gasteiger partial charge in [-0.2, -0.15) is 14.9 Å². The van der Waals surface area contributed by atoms with Crippen molar-refractivity contribution in [3.05, 3.63) is 88.6 Å². The van der Waals surface area contributed by atoms with Crippen LogP contribution in [0, 0.1) is 12.7 Å². The van der Waals surface area contributed by atoms with E-state index in [1.54, 1.807) is 31.5 Å². The molecule has 6 nitrogen and oxygen atoms in total. The monoisotopic (exact) mass is 349 g/mol. The number of nitrogens with zero attached hydrogens (tertiary/aromatic N) is 4. The Morgan fingerprint density at radius 1 is 1.12 bits per heavy atom. The number of hydrogen-bond acceptors (Lipinski definition) is 3. The first-order chi connectivity index (χ1) is 12.6. The van der Waals surface area contributed by atoms with E-state index in [0.29, 0.717) is 17.1 Å². The van der Waals surface area contributed by atoms with E-state index in [-0.39, 0.29) is 18.1 Å². The van der Waals surface area contributed by atoms with Gasteiger partial charge in [0, 0.05) is 11.8 Å². The summed E-state index contributed by atoms with van der Waals surface area (Å²) < 4.78 is 16.3. The zero-order chi connectivity index (χ0) is 18.1. The largest absolute Gasteiger partial charge is 0.351 e. The first-order valence-electron chi connectivity index (χ1n) is 8.12. The van der Waals surface area contributed by atoms with Crippen molar-refractivity contribution in [3.8, 4) is 16.8 Å². The fraction of sp³-hybridized carbons (Fsp3) is 0.105. The van der Waals surface area contributed by atoms with Crippen LogP contribution in [0.5, 0.6) is 0 Å². The second kappa shape index (κ2) is 6.44. The molecule has 0 amide bonds. The molecule has 2 aromatic heterocycles. The maximum absolute atomic E-state index is 13.4. The van der Waals surface area contributed by atoms with Gasteiger partial charge in [-0.3, -0.25) is 9.67 Å². The van der Waals surface area contributed by atoms with Crippen LogP contribution in [-0.2, 0) is 6.54 Å². The fourth-order valence-electron chi connectivity index (χ4n) is 2.87. The average molecular weight is 349 g/mol. The van der Waals surface area contributed by atoms with E-state index in [9.17, 15) is 9.18 Å². The van der Waals surface area contributed by atoms with Gasteiger partial charge in [0.2, 0.25) is 0 Å². The molecule has 0 bridgehead atoms. The van der Waals surface area contributed by atoms with Crippen LogP contribution < -0.4 is 5.69 Å². The normalized spacial score (nSPS) is 11.0.